The lowest BCUT2D eigenvalue weighted by Crippen LogP contribution is -2.39. The molecule has 6 heteroatoms. The van der Waals surface area contributed by atoms with Gasteiger partial charge in [0.2, 0.25) is 0 Å². The van der Waals surface area contributed by atoms with Gasteiger partial charge in [0, 0.05) is 26.7 Å². The lowest BCUT2D eigenvalue weighted by molar-refractivity contribution is 0.181. The number of methoxy groups -OCH3 is 1. The summed E-state index contributed by atoms with van der Waals surface area (Å²) >= 11 is 0. The van der Waals surface area contributed by atoms with Crippen LogP contribution in [-0.4, -0.2) is 57.7 Å². The molecule has 0 saturated carbocycles. The zero-order valence-electron chi connectivity index (χ0n) is 17.2. The van der Waals surface area contributed by atoms with E-state index in [1.807, 2.05) is 25.2 Å². The number of ether oxygens (including phenoxy) is 1. The Hall–Kier alpha value is -1.02. The maximum absolute atomic E-state index is 5.40. The molecule has 1 atom stereocenters. The average molecular weight is 488 g/mol. The van der Waals surface area contributed by atoms with Crippen molar-refractivity contribution in [2.75, 3.05) is 46.9 Å². The van der Waals surface area contributed by atoms with E-state index in [2.05, 4.69) is 33.5 Å². The fourth-order valence-corrected chi connectivity index (χ4v) is 3.60. The summed E-state index contributed by atoms with van der Waals surface area (Å²) in [5, 5.41) is 6.81. The van der Waals surface area contributed by atoms with Crippen LogP contribution in [-0.2, 0) is 6.42 Å². The van der Waals surface area contributed by atoms with Crippen molar-refractivity contribution in [1.82, 2.24) is 15.5 Å². The minimum Gasteiger partial charge on any atom is -0.496 e. The zero-order valence-corrected chi connectivity index (χ0v) is 19.5. The molecule has 0 amide bonds. The summed E-state index contributed by atoms with van der Waals surface area (Å²) in [6, 6.07) is 8.17. The van der Waals surface area contributed by atoms with E-state index < -0.39 is 0 Å². The minimum absolute atomic E-state index is 0. The van der Waals surface area contributed by atoms with Crippen LogP contribution >= 0.6 is 24.0 Å². The highest BCUT2D eigenvalue weighted by atomic mass is 127. The van der Waals surface area contributed by atoms with Gasteiger partial charge in [0.1, 0.15) is 5.75 Å². The standard InChI is InChI=1S/C21H36N4O.HI/c1-18-9-8-16-25(17-18)15-7-6-13-23-21(22-2)24-14-12-19-10-4-5-11-20(19)26-3;/h4-5,10-11,18H,6-9,12-17H2,1-3H3,(H2,22,23,24);1H. The molecule has 0 aromatic heterocycles. The molecule has 1 unspecified atom stereocenters. The second kappa shape index (κ2) is 14.0. The third-order valence-electron chi connectivity index (χ3n) is 5.04. The van der Waals surface area contributed by atoms with E-state index in [4.69, 9.17) is 4.74 Å². The number of hydrogen-bond donors (Lipinski definition) is 2. The maximum atomic E-state index is 5.40. The van der Waals surface area contributed by atoms with E-state index in [9.17, 15) is 0 Å². The third kappa shape index (κ3) is 9.14. The zero-order chi connectivity index (χ0) is 18.6. The highest BCUT2D eigenvalue weighted by molar-refractivity contribution is 14.0. The number of hydrogen-bond acceptors (Lipinski definition) is 3. The van der Waals surface area contributed by atoms with Gasteiger partial charge in [0.05, 0.1) is 7.11 Å². The number of unbranched alkanes of at least 4 members (excludes halogenated alkanes) is 1. The normalized spacial score (nSPS) is 17.9. The predicted molar refractivity (Wildman–Crippen MR) is 126 cm³/mol. The Labute approximate surface area is 182 Å². The highest BCUT2D eigenvalue weighted by Crippen LogP contribution is 2.17. The number of para-hydroxylation sites is 1. The lowest BCUT2D eigenvalue weighted by Gasteiger charge is -2.30. The molecule has 0 radical (unpaired) electrons. The molecule has 0 spiro atoms. The van der Waals surface area contributed by atoms with Gasteiger partial charge in [-0.3, -0.25) is 4.99 Å². The molecule has 1 aliphatic heterocycles. The van der Waals surface area contributed by atoms with Crippen LogP contribution in [0.15, 0.2) is 29.3 Å². The van der Waals surface area contributed by atoms with Gasteiger partial charge in [-0.15, -0.1) is 24.0 Å². The quantitative estimate of drug-likeness (QED) is 0.242. The predicted octanol–water partition coefficient (Wildman–Crippen LogP) is 3.53. The molecule has 1 aromatic carbocycles. The number of likely N-dealkylation sites (tertiary alicyclic amines) is 1. The molecule has 0 bridgehead atoms. The fourth-order valence-electron chi connectivity index (χ4n) is 3.60. The Bertz CT molecular complexity index is 553. The first-order valence-corrected chi connectivity index (χ1v) is 10.0. The average Bonchev–Trinajstić information content (AvgIpc) is 2.66. The van der Waals surface area contributed by atoms with Crippen LogP contribution in [0.1, 0.15) is 38.2 Å². The van der Waals surface area contributed by atoms with Crippen LogP contribution < -0.4 is 15.4 Å². The second-order valence-electron chi connectivity index (χ2n) is 7.24. The number of aliphatic imine (C=N–C) groups is 1. The number of guanidine groups is 1. The summed E-state index contributed by atoms with van der Waals surface area (Å²) in [6.45, 7) is 7.97. The topological polar surface area (TPSA) is 48.9 Å². The van der Waals surface area contributed by atoms with Crippen LogP contribution in [0.25, 0.3) is 0 Å². The SMILES string of the molecule is CN=C(NCCCCN1CCCC(C)C1)NCCc1ccccc1OC.I. The molecule has 154 valence electrons. The van der Waals surface area contributed by atoms with Crippen LogP contribution in [0.2, 0.25) is 0 Å². The molecule has 0 aliphatic carbocycles. The van der Waals surface area contributed by atoms with Crippen LogP contribution in [0, 0.1) is 5.92 Å². The summed E-state index contributed by atoms with van der Waals surface area (Å²) < 4.78 is 5.40. The highest BCUT2D eigenvalue weighted by Gasteiger charge is 2.15. The maximum Gasteiger partial charge on any atom is 0.190 e. The molecule has 27 heavy (non-hydrogen) atoms. The Morgan fingerprint density at radius 3 is 2.74 bits per heavy atom. The molecule has 2 rings (SSSR count). The molecule has 1 aromatic rings. The van der Waals surface area contributed by atoms with E-state index in [0.717, 1.165) is 37.1 Å². The van der Waals surface area contributed by atoms with Crippen molar-refractivity contribution in [1.29, 1.82) is 0 Å². The van der Waals surface area contributed by atoms with Crippen LogP contribution in [0.5, 0.6) is 5.75 Å². The largest absolute Gasteiger partial charge is 0.496 e. The van der Waals surface area contributed by atoms with Gasteiger partial charge in [0.25, 0.3) is 0 Å². The molecule has 1 aliphatic rings. The lowest BCUT2D eigenvalue weighted by atomic mass is 10.0. The van der Waals surface area contributed by atoms with E-state index in [1.54, 1.807) is 7.11 Å². The van der Waals surface area contributed by atoms with Crippen molar-refractivity contribution >= 4 is 29.9 Å². The Kier molecular flexibility index (Phi) is 12.5. The first kappa shape index (κ1) is 24.0. The van der Waals surface area contributed by atoms with E-state index >= 15 is 0 Å². The van der Waals surface area contributed by atoms with Crippen molar-refractivity contribution in [3.8, 4) is 5.75 Å². The number of nitrogens with one attached hydrogen (secondary N) is 2. The summed E-state index contributed by atoms with van der Waals surface area (Å²) in [6.07, 6.45) is 6.10. The second-order valence-corrected chi connectivity index (χ2v) is 7.24. The molecule has 1 saturated heterocycles. The van der Waals surface area contributed by atoms with Gasteiger partial charge in [-0.2, -0.15) is 0 Å². The fraction of sp³-hybridized carbons (Fsp3) is 0.667. The van der Waals surface area contributed by atoms with Crippen LogP contribution in [0.3, 0.4) is 0 Å². The molecular weight excluding hydrogens is 451 g/mol. The summed E-state index contributed by atoms with van der Waals surface area (Å²) in [5.41, 5.74) is 1.22. The number of rotatable bonds is 9. The van der Waals surface area contributed by atoms with Gasteiger partial charge < -0.3 is 20.3 Å². The monoisotopic (exact) mass is 488 g/mol. The minimum atomic E-state index is 0. The summed E-state index contributed by atoms with van der Waals surface area (Å²) in [7, 11) is 3.55. The molecule has 2 N–H and O–H groups in total. The Morgan fingerprint density at radius 1 is 1.22 bits per heavy atom. The van der Waals surface area contributed by atoms with Gasteiger partial charge in [-0.1, -0.05) is 25.1 Å². The molecule has 1 fully saturated rings. The van der Waals surface area contributed by atoms with Gasteiger partial charge in [-0.25, -0.2) is 0 Å². The molecule has 5 nitrogen and oxygen atoms in total. The number of nitrogens with zero attached hydrogens (tertiary/aromatic N) is 2. The summed E-state index contributed by atoms with van der Waals surface area (Å²) in [5.74, 6) is 2.70. The number of piperidine rings is 1. The van der Waals surface area contributed by atoms with Crippen molar-refractivity contribution < 1.29 is 4.74 Å². The summed E-state index contributed by atoms with van der Waals surface area (Å²) in [4.78, 5) is 6.93. The molecular formula is C21H37IN4O. The van der Waals surface area contributed by atoms with Crippen molar-refractivity contribution in [3.63, 3.8) is 0 Å². The number of benzene rings is 1. The Balaban J connectivity index is 0.00000364. The van der Waals surface area contributed by atoms with Gasteiger partial charge in [-0.05, 0) is 62.7 Å². The van der Waals surface area contributed by atoms with Crippen LogP contribution in [0.4, 0.5) is 0 Å². The number of halogens is 1. The first-order chi connectivity index (χ1) is 12.7. The van der Waals surface area contributed by atoms with Gasteiger partial charge in [0.15, 0.2) is 5.96 Å². The Morgan fingerprint density at radius 2 is 2.00 bits per heavy atom. The van der Waals surface area contributed by atoms with Gasteiger partial charge >= 0.3 is 0 Å². The third-order valence-corrected chi connectivity index (χ3v) is 5.04. The van der Waals surface area contributed by atoms with E-state index in [0.29, 0.717) is 0 Å². The van der Waals surface area contributed by atoms with Crippen molar-refractivity contribution in [2.45, 2.75) is 39.0 Å². The van der Waals surface area contributed by atoms with E-state index in [1.165, 1.54) is 50.9 Å². The first-order valence-electron chi connectivity index (χ1n) is 10.0. The smallest absolute Gasteiger partial charge is 0.190 e. The molecule has 1 heterocycles. The van der Waals surface area contributed by atoms with Crippen molar-refractivity contribution in [2.24, 2.45) is 10.9 Å². The van der Waals surface area contributed by atoms with Crippen molar-refractivity contribution in [3.05, 3.63) is 29.8 Å². The van der Waals surface area contributed by atoms with E-state index in [-0.39, 0.29) is 24.0 Å².